The lowest BCUT2D eigenvalue weighted by Gasteiger charge is -2.32. The maximum atomic E-state index is 13.4. The second-order valence-electron chi connectivity index (χ2n) is 8.86. The summed E-state index contributed by atoms with van der Waals surface area (Å²) < 4.78 is 16.0. The molecule has 7 nitrogen and oxygen atoms in total. The summed E-state index contributed by atoms with van der Waals surface area (Å²) in [6, 6.07) is 16.2. The van der Waals surface area contributed by atoms with E-state index in [9.17, 15) is 14.0 Å². The SMILES string of the molecule is Cc1nn(CC(=O)N2CCC(Cc3ccccc3)CC2)c(=O)c2c1cnn2-c1ccc(F)cc1. The second kappa shape index (κ2) is 9.21. The van der Waals surface area contributed by atoms with Gasteiger partial charge in [-0.2, -0.15) is 10.2 Å². The van der Waals surface area contributed by atoms with Crippen LogP contribution < -0.4 is 5.56 Å². The summed E-state index contributed by atoms with van der Waals surface area (Å²) in [5, 5.41) is 9.30. The minimum Gasteiger partial charge on any atom is -0.341 e. The van der Waals surface area contributed by atoms with E-state index in [-0.39, 0.29) is 18.3 Å². The van der Waals surface area contributed by atoms with Crippen molar-refractivity contribution in [2.45, 2.75) is 32.7 Å². The fourth-order valence-corrected chi connectivity index (χ4v) is 4.67. The van der Waals surface area contributed by atoms with E-state index in [2.05, 4.69) is 34.5 Å². The summed E-state index contributed by atoms with van der Waals surface area (Å²) in [6.07, 6.45) is 4.48. The minimum absolute atomic E-state index is 0.112. The summed E-state index contributed by atoms with van der Waals surface area (Å²) in [6.45, 7) is 3.03. The van der Waals surface area contributed by atoms with Crippen molar-refractivity contribution in [3.8, 4) is 5.69 Å². The molecule has 3 heterocycles. The Balaban J connectivity index is 1.32. The lowest BCUT2D eigenvalue weighted by atomic mass is 9.90. The summed E-state index contributed by atoms with van der Waals surface area (Å²) in [7, 11) is 0. The van der Waals surface area contributed by atoms with Crippen molar-refractivity contribution in [2.24, 2.45) is 5.92 Å². The average Bonchev–Trinajstić information content (AvgIpc) is 3.30. The highest BCUT2D eigenvalue weighted by Crippen LogP contribution is 2.22. The number of benzene rings is 2. The van der Waals surface area contributed by atoms with Crippen LogP contribution in [0.2, 0.25) is 0 Å². The quantitative estimate of drug-likeness (QED) is 0.458. The number of carbonyl (C=O) groups is 1. The van der Waals surface area contributed by atoms with Crippen LogP contribution in [0, 0.1) is 18.7 Å². The van der Waals surface area contributed by atoms with Crippen LogP contribution in [0.5, 0.6) is 0 Å². The van der Waals surface area contributed by atoms with Gasteiger partial charge in [-0.3, -0.25) is 9.59 Å². The molecule has 4 aromatic rings. The molecule has 34 heavy (non-hydrogen) atoms. The number of hydrogen-bond acceptors (Lipinski definition) is 4. The Hall–Kier alpha value is -3.81. The van der Waals surface area contributed by atoms with E-state index in [0.29, 0.717) is 41.3 Å². The van der Waals surface area contributed by atoms with Crippen LogP contribution in [0.15, 0.2) is 65.6 Å². The highest BCUT2D eigenvalue weighted by Gasteiger charge is 2.24. The molecule has 0 saturated carbocycles. The third kappa shape index (κ3) is 4.35. The van der Waals surface area contributed by atoms with Gasteiger partial charge in [0.1, 0.15) is 17.9 Å². The zero-order valence-electron chi connectivity index (χ0n) is 19.0. The molecule has 0 unspecified atom stereocenters. The first-order valence-electron chi connectivity index (χ1n) is 11.5. The van der Waals surface area contributed by atoms with Crippen molar-refractivity contribution in [2.75, 3.05) is 13.1 Å². The highest BCUT2D eigenvalue weighted by atomic mass is 19.1. The van der Waals surface area contributed by atoms with Gasteiger partial charge >= 0.3 is 0 Å². The van der Waals surface area contributed by atoms with Gasteiger partial charge in [-0.05, 0) is 61.9 Å². The van der Waals surface area contributed by atoms with E-state index < -0.39 is 5.56 Å². The van der Waals surface area contributed by atoms with E-state index in [1.807, 2.05) is 11.0 Å². The summed E-state index contributed by atoms with van der Waals surface area (Å²) in [5.41, 5.74) is 2.43. The predicted octanol–water partition coefficient (Wildman–Crippen LogP) is 3.51. The number of halogens is 1. The molecule has 0 N–H and O–H groups in total. The van der Waals surface area contributed by atoms with E-state index in [0.717, 1.165) is 19.3 Å². The number of rotatable bonds is 5. The largest absolute Gasteiger partial charge is 0.341 e. The highest BCUT2D eigenvalue weighted by molar-refractivity contribution is 5.82. The molecule has 0 atom stereocenters. The zero-order valence-corrected chi connectivity index (χ0v) is 19.0. The Kier molecular flexibility index (Phi) is 5.96. The number of nitrogens with zero attached hydrogens (tertiary/aromatic N) is 5. The normalized spacial score (nSPS) is 14.6. The maximum absolute atomic E-state index is 13.4. The summed E-state index contributed by atoms with van der Waals surface area (Å²) in [5.74, 6) is 0.0731. The minimum atomic E-state index is -0.394. The lowest BCUT2D eigenvalue weighted by Crippen LogP contribution is -2.42. The molecule has 8 heteroatoms. The van der Waals surface area contributed by atoms with Crippen LogP contribution in [0.3, 0.4) is 0 Å². The third-order valence-electron chi connectivity index (χ3n) is 6.56. The van der Waals surface area contributed by atoms with Crippen molar-refractivity contribution in [1.29, 1.82) is 0 Å². The molecule has 5 rings (SSSR count). The van der Waals surface area contributed by atoms with Crippen LogP contribution in [-0.2, 0) is 17.8 Å². The van der Waals surface area contributed by atoms with Gasteiger partial charge in [0, 0.05) is 18.5 Å². The van der Waals surface area contributed by atoms with Gasteiger partial charge in [0.05, 0.1) is 17.6 Å². The first kappa shape index (κ1) is 22.0. The van der Waals surface area contributed by atoms with Crippen molar-refractivity contribution in [1.82, 2.24) is 24.5 Å². The number of aryl methyl sites for hydroxylation is 1. The fourth-order valence-electron chi connectivity index (χ4n) is 4.67. The molecule has 2 aromatic carbocycles. The molecule has 1 amide bonds. The van der Waals surface area contributed by atoms with E-state index in [1.54, 1.807) is 25.3 Å². The molecular weight excluding hydrogens is 433 g/mol. The number of carbonyl (C=O) groups excluding carboxylic acids is 1. The van der Waals surface area contributed by atoms with Crippen molar-refractivity contribution >= 4 is 16.8 Å². The Morgan fingerprint density at radius 1 is 1.06 bits per heavy atom. The number of likely N-dealkylation sites (tertiary alicyclic amines) is 1. The number of amides is 1. The molecule has 1 aliphatic heterocycles. The number of fused-ring (bicyclic) bond motifs is 1. The van der Waals surface area contributed by atoms with Crippen LogP contribution in [0.25, 0.3) is 16.6 Å². The predicted molar refractivity (Wildman–Crippen MR) is 127 cm³/mol. The van der Waals surface area contributed by atoms with Gasteiger partial charge in [0.25, 0.3) is 5.56 Å². The Morgan fingerprint density at radius 2 is 1.76 bits per heavy atom. The number of aromatic nitrogens is 4. The molecule has 1 saturated heterocycles. The average molecular weight is 460 g/mol. The zero-order chi connectivity index (χ0) is 23.7. The van der Waals surface area contributed by atoms with Crippen molar-refractivity contribution in [3.05, 3.63) is 88.2 Å². The molecular formula is C26H26FN5O2. The molecule has 0 aliphatic carbocycles. The maximum Gasteiger partial charge on any atom is 0.293 e. The van der Waals surface area contributed by atoms with Crippen LogP contribution in [0.4, 0.5) is 4.39 Å². The van der Waals surface area contributed by atoms with Gasteiger partial charge in [-0.25, -0.2) is 13.8 Å². The smallest absolute Gasteiger partial charge is 0.293 e. The Morgan fingerprint density at radius 3 is 2.47 bits per heavy atom. The van der Waals surface area contributed by atoms with E-state index in [4.69, 9.17) is 0 Å². The fraction of sp³-hybridized carbons (Fsp3) is 0.308. The van der Waals surface area contributed by atoms with E-state index >= 15 is 0 Å². The van der Waals surface area contributed by atoms with Crippen molar-refractivity contribution < 1.29 is 9.18 Å². The van der Waals surface area contributed by atoms with Crippen LogP contribution >= 0.6 is 0 Å². The van der Waals surface area contributed by atoms with Crippen LogP contribution in [0.1, 0.15) is 24.1 Å². The monoisotopic (exact) mass is 459 g/mol. The van der Waals surface area contributed by atoms with Gasteiger partial charge in [-0.1, -0.05) is 30.3 Å². The second-order valence-corrected chi connectivity index (χ2v) is 8.86. The molecule has 174 valence electrons. The van der Waals surface area contributed by atoms with Gasteiger partial charge in [-0.15, -0.1) is 0 Å². The third-order valence-corrected chi connectivity index (χ3v) is 6.56. The molecule has 2 aromatic heterocycles. The summed E-state index contributed by atoms with van der Waals surface area (Å²) >= 11 is 0. The first-order valence-corrected chi connectivity index (χ1v) is 11.5. The van der Waals surface area contributed by atoms with Gasteiger partial charge in [0.15, 0.2) is 0 Å². The molecule has 0 bridgehead atoms. The van der Waals surface area contributed by atoms with E-state index in [1.165, 1.54) is 27.1 Å². The number of hydrogen-bond donors (Lipinski definition) is 0. The molecule has 0 spiro atoms. The molecule has 1 fully saturated rings. The standard InChI is InChI=1S/C26H26FN5O2/c1-18-23-16-28-32(22-9-7-21(27)8-10-22)25(23)26(34)31(29-18)17-24(33)30-13-11-20(12-14-30)15-19-5-3-2-4-6-19/h2-10,16,20H,11-15,17H2,1H3. The lowest BCUT2D eigenvalue weighted by molar-refractivity contribution is -0.133. The Bertz CT molecular complexity index is 1370. The van der Waals surface area contributed by atoms with Gasteiger partial charge in [0.2, 0.25) is 5.91 Å². The molecule has 1 aliphatic rings. The van der Waals surface area contributed by atoms with Crippen molar-refractivity contribution in [3.63, 3.8) is 0 Å². The van der Waals surface area contributed by atoms with Gasteiger partial charge < -0.3 is 4.90 Å². The first-order chi connectivity index (χ1) is 16.5. The summed E-state index contributed by atoms with van der Waals surface area (Å²) in [4.78, 5) is 28.1. The van der Waals surface area contributed by atoms with Crippen LogP contribution in [-0.4, -0.2) is 43.5 Å². The topological polar surface area (TPSA) is 73.0 Å². The molecule has 0 radical (unpaired) electrons. The Labute approximate surface area is 196 Å². The number of piperidine rings is 1.